The maximum Gasteiger partial charge on any atom is 0.257 e. The molecule has 1 amide bonds. The number of primary amides is 1. The van der Waals surface area contributed by atoms with Gasteiger partial charge in [0, 0.05) is 42.1 Å². The molecule has 0 bridgehead atoms. The second-order valence-electron chi connectivity index (χ2n) is 7.27. The van der Waals surface area contributed by atoms with Crippen molar-refractivity contribution in [2.75, 3.05) is 26.3 Å². The van der Waals surface area contributed by atoms with E-state index >= 15 is 0 Å². The third kappa shape index (κ3) is 4.51. The molecular formula is C22H24ClN3O3. The third-order valence-corrected chi connectivity index (χ3v) is 5.61. The van der Waals surface area contributed by atoms with Crippen LogP contribution in [0.2, 0.25) is 5.02 Å². The predicted molar refractivity (Wildman–Crippen MR) is 112 cm³/mol. The summed E-state index contributed by atoms with van der Waals surface area (Å²) >= 11 is 6.21. The molecule has 2 aliphatic heterocycles. The Balaban J connectivity index is 1.66. The maximum atomic E-state index is 12.4. The molecule has 0 aromatic heterocycles. The summed E-state index contributed by atoms with van der Waals surface area (Å²) in [5, 5.41) is 0.609. The Morgan fingerprint density at radius 2 is 1.69 bits per heavy atom. The first-order valence-corrected chi connectivity index (χ1v) is 10.1. The maximum absolute atomic E-state index is 12.4. The first-order chi connectivity index (χ1) is 14.1. The number of benzene rings is 2. The number of nitrogens with zero attached hydrogens (tertiary/aromatic N) is 2. The van der Waals surface area contributed by atoms with Gasteiger partial charge in [0.25, 0.3) is 5.91 Å². The minimum atomic E-state index is -0.775. The summed E-state index contributed by atoms with van der Waals surface area (Å²) < 4.78 is 11.6. The number of nitrogens with two attached hydrogens (primary N) is 1. The fraction of sp³-hybridized carbons (Fsp3) is 0.364. The van der Waals surface area contributed by atoms with Crippen molar-refractivity contribution in [2.24, 2.45) is 10.7 Å². The molecule has 1 atom stereocenters. The van der Waals surface area contributed by atoms with Crippen LogP contribution in [0.25, 0.3) is 0 Å². The number of rotatable bonds is 5. The monoisotopic (exact) mass is 413 g/mol. The van der Waals surface area contributed by atoms with Crippen molar-refractivity contribution >= 4 is 23.2 Å². The lowest BCUT2D eigenvalue weighted by molar-refractivity contribution is -0.188. The Kier molecular flexibility index (Phi) is 5.96. The highest BCUT2D eigenvalue weighted by molar-refractivity contribution is 6.31. The largest absolute Gasteiger partial charge is 0.367 e. The van der Waals surface area contributed by atoms with Gasteiger partial charge in [-0.3, -0.25) is 14.7 Å². The van der Waals surface area contributed by atoms with Crippen LogP contribution in [0.3, 0.4) is 0 Å². The summed E-state index contributed by atoms with van der Waals surface area (Å²) in [6, 6.07) is 17.2. The Morgan fingerprint density at radius 3 is 2.31 bits per heavy atom. The first-order valence-electron chi connectivity index (χ1n) is 9.77. The highest BCUT2D eigenvalue weighted by atomic mass is 35.5. The SMILES string of the molecule is NC(=O)C(/N=C(/c1ccccc1)c1cccc(Cl)c1)N1CCC2(CC1)OCCO2. The summed E-state index contributed by atoms with van der Waals surface area (Å²) in [4.78, 5) is 19.2. The molecular weight excluding hydrogens is 390 g/mol. The van der Waals surface area contributed by atoms with E-state index in [2.05, 4.69) is 0 Å². The summed E-state index contributed by atoms with van der Waals surface area (Å²) in [6.45, 7) is 2.47. The number of likely N-dealkylation sites (tertiary alicyclic amines) is 1. The number of carbonyl (C=O) groups excluding carboxylic acids is 1. The van der Waals surface area contributed by atoms with Crippen molar-refractivity contribution < 1.29 is 14.3 Å². The van der Waals surface area contributed by atoms with Crippen LogP contribution in [0.4, 0.5) is 0 Å². The molecule has 2 fully saturated rings. The Morgan fingerprint density at radius 1 is 1.03 bits per heavy atom. The Hall–Kier alpha value is -2.25. The number of hydrogen-bond acceptors (Lipinski definition) is 5. The summed E-state index contributed by atoms with van der Waals surface area (Å²) in [5.41, 5.74) is 8.20. The average molecular weight is 414 g/mol. The molecule has 2 aromatic rings. The van der Waals surface area contributed by atoms with E-state index in [9.17, 15) is 4.79 Å². The van der Waals surface area contributed by atoms with Crippen LogP contribution in [-0.2, 0) is 14.3 Å². The fourth-order valence-corrected chi connectivity index (χ4v) is 4.08. The molecule has 1 spiro atoms. The van der Waals surface area contributed by atoms with Crippen molar-refractivity contribution in [3.63, 3.8) is 0 Å². The van der Waals surface area contributed by atoms with Crippen LogP contribution in [-0.4, -0.2) is 54.8 Å². The van der Waals surface area contributed by atoms with E-state index in [0.29, 0.717) is 49.9 Å². The van der Waals surface area contributed by atoms with Crippen LogP contribution in [0.5, 0.6) is 0 Å². The number of halogens is 1. The van der Waals surface area contributed by atoms with E-state index in [-0.39, 0.29) is 0 Å². The number of ether oxygens (including phenoxy) is 2. The fourth-order valence-electron chi connectivity index (χ4n) is 3.89. The van der Waals surface area contributed by atoms with E-state index in [1.807, 2.05) is 59.5 Å². The smallest absolute Gasteiger partial charge is 0.257 e. The van der Waals surface area contributed by atoms with E-state index in [4.69, 9.17) is 31.8 Å². The lowest BCUT2D eigenvalue weighted by atomic mass is 10.0. The van der Waals surface area contributed by atoms with Crippen LogP contribution >= 0.6 is 11.6 Å². The lowest BCUT2D eigenvalue weighted by Crippen LogP contribution is -2.52. The number of amides is 1. The number of hydrogen-bond donors (Lipinski definition) is 1. The van der Waals surface area contributed by atoms with E-state index < -0.39 is 17.9 Å². The molecule has 4 rings (SSSR count). The Bertz CT molecular complexity index is 887. The summed E-state index contributed by atoms with van der Waals surface area (Å²) in [5.74, 6) is -0.998. The Labute approximate surface area is 175 Å². The lowest BCUT2D eigenvalue weighted by Gasteiger charge is -2.39. The quantitative estimate of drug-likeness (QED) is 0.764. The van der Waals surface area contributed by atoms with Crippen LogP contribution in [0.15, 0.2) is 59.6 Å². The highest BCUT2D eigenvalue weighted by Crippen LogP contribution is 2.32. The first kappa shape index (κ1) is 20.0. The third-order valence-electron chi connectivity index (χ3n) is 5.37. The molecule has 2 N–H and O–H groups in total. The van der Waals surface area contributed by atoms with Crippen molar-refractivity contribution in [3.05, 3.63) is 70.7 Å². The molecule has 2 aromatic carbocycles. The second-order valence-corrected chi connectivity index (χ2v) is 7.71. The number of carbonyl (C=O) groups is 1. The highest BCUT2D eigenvalue weighted by Gasteiger charge is 2.42. The second kappa shape index (κ2) is 8.63. The molecule has 0 aliphatic carbocycles. The average Bonchev–Trinajstić information content (AvgIpc) is 3.18. The van der Waals surface area contributed by atoms with Gasteiger partial charge in [-0.1, -0.05) is 54.1 Å². The number of aliphatic imine (C=N–C) groups is 1. The summed E-state index contributed by atoms with van der Waals surface area (Å²) in [6.07, 6.45) is 0.594. The molecule has 2 heterocycles. The molecule has 6 nitrogen and oxygen atoms in total. The summed E-state index contributed by atoms with van der Waals surface area (Å²) in [7, 11) is 0. The molecule has 0 radical (unpaired) electrons. The van der Waals surface area contributed by atoms with Gasteiger partial charge < -0.3 is 15.2 Å². The standard InChI is InChI=1S/C22H24ClN3O3/c23-18-8-4-7-17(15-18)19(16-5-2-1-3-6-16)25-21(20(24)27)26-11-9-22(10-12-26)28-13-14-29-22/h1-8,15,21H,9-14H2,(H2,24,27)/b25-19-. The van der Waals surface area contributed by atoms with E-state index in [0.717, 1.165) is 11.1 Å². The van der Waals surface area contributed by atoms with Gasteiger partial charge in [-0.2, -0.15) is 0 Å². The molecule has 152 valence electrons. The minimum Gasteiger partial charge on any atom is -0.367 e. The van der Waals surface area contributed by atoms with Crippen molar-refractivity contribution in [2.45, 2.75) is 24.8 Å². The van der Waals surface area contributed by atoms with Crippen molar-refractivity contribution in [1.29, 1.82) is 0 Å². The van der Waals surface area contributed by atoms with Gasteiger partial charge in [-0.15, -0.1) is 0 Å². The van der Waals surface area contributed by atoms with Crippen molar-refractivity contribution in [3.8, 4) is 0 Å². The van der Waals surface area contributed by atoms with E-state index in [1.165, 1.54) is 0 Å². The van der Waals surface area contributed by atoms with Gasteiger partial charge in [0.05, 0.1) is 18.9 Å². The van der Waals surface area contributed by atoms with Gasteiger partial charge in [-0.05, 0) is 12.1 Å². The van der Waals surface area contributed by atoms with Gasteiger partial charge in [0.1, 0.15) is 0 Å². The van der Waals surface area contributed by atoms with Gasteiger partial charge >= 0.3 is 0 Å². The normalized spacial score (nSPS) is 20.7. The van der Waals surface area contributed by atoms with Gasteiger partial charge in [-0.25, -0.2) is 0 Å². The zero-order valence-corrected chi connectivity index (χ0v) is 16.8. The molecule has 0 saturated carbocycles. The van der Waals surface area contributed by atoms with Crippen LogP contribution < -0.4 is 5.73 Å². The minimum absolute atomic E-state index is 0.482. The molecule has 7 heteroatoms. The van der Waals surface area contributed by atoms with Gasteiger partial charge in [0.2, 0.25) is 0 Å². The van der Waals surface area contributed by atoms with E-state index in [1.54, 1.807) is 0 Å². The molecule has 1 unspecified atom stereocenters. The molecule has 29 heavy (non-hydrogen) atoms. The molecule has 2 aliphatic rings. The molecule has 2 saturated heterocycles. The number of piperidine rings is 1. The van der Waals surface area contributed by atoms with Crippen molar-refractivity contribution in [1.82, 2.24) is 4.90 Å². The van der Waals surface area contributed by atoms with Crippen LogP contribution in [0, 0.1) is 0 Å². The van der Waals surface area contributed by atoms with Gasteiger partial charge in [0.15, 0.2) is 12.0 Å². The van der Waals surface area contributed by atoms with Crippen LogP contribution in [0.1, 0.15) is 24.0 Å². The zero-order chi connectivity index (χ0) is 20.3. The zero-order valence-electron chi connectivity index (χ0n) is 16.1. The topological polar surface area (TPSA) is 77.2 Å². The predicted octanol–water partition coefficient (Wildman–Crippen LogP) is 2.83.